The predicted octanol–water partition coefficient (Wildman–Crippen LogP) is 4.96. The second-order valence-corrected chi connectivity index (χ2v) is 9.06. The van der Waals surface area contributed by atoms with Gasteiger partial charge >= 0.3 is 0 Å². The molecule has 1 fully saturated rings. The fourth-order valence-electron chi connectivity index (χ4n) is 3.53. The highest BCUT2D eigenvalue weighted by atomic mass is 32.1. The first-order chi connectivity index (χ1) is 12.7. The summed E-state index contributed by atoms with van der Waals surface area (Å²) in [5.74, 6) is 0.182. The third kappa shape index (κ3) is 3.33. The van der Waals surface area contributed by atoms with Gasteiger partial charge in [-0.1, -0.05) is 36.8 Å². The lowest BCUT2D eigenvalue weighted by Crippen LogP contribution is -2.49. The Hall–Kier alpha value is -1.98. The van der Waals surface area contributed by atoms with Crippen LogP contribution < -0.4 is 5.32 Å². The molecular weight excluding hydrogens is 360 g/mol. The van der Waals surface area contributed by atoms with Crippen molar-refractivity contribution in [3.8, 4) is 10.6 Å². The molecule has 0 unspecified atom stereocenters. The molecule has 2 heterocycles. The summed E-state index contributed by atoms with van der Waals surface area (Å²) in [7, 11) is 0. The summed E-state index contributed by atoms with van der Waals surface area (Å²) in [6, 6.07) is 14.5. The standard InChI is InChI=1S/C21H22N2OS2/c1-15-23-18(14-25-15)19-9-8-17(26-19)10-13-22-20(24)21(11-5-12-21)16-6-3-2-4-7-16/h2-4,6-9,14H,5,10-13H2,1H3,(H,22,24). The zero-order valence-corrected chi connectivity index (χ0v) is 16.5. The Kier molecular flexibility index (Phi) is 4.92. The Labute approximate surface area is 162 Å². The highest BCUT2D eigenvalue weighted by Gasteiger charge is 2.45. The SMILES string of the molecule is Cc1nc(-c2ccc(CCNC(=O)C3(c4ccccc4)CCC3)s2)cs1. The number of nitrogens with one attached hydrogen (secondary N) is 1. The number of amides is 1. The van der Waals surface area contributed by atoms with Crippen molar-refractivity contribution in [1.82, 2.24) is 10.3 Å². The Balaban J connectivity index is 1.36. The van der Waals surface area contributed by atoms with E-state index in [1.165, 1.54) is 9.75 Å². The number of thiophene rings is 1. The van der Waals surface area contributed by atoms with E-state index in [0.29, 0.717) is 6.54 Å². The Morgan fingerprint density at radius 1 is 1.19 bits per heavy atom. The molecule has 1 amide bonds. The zero-order valence-electron chi connectivity index (χ0n) is 14.8. The summed E-state index contributed by atoms with van der Waals surface area (Å²) in [6.45, 7) is 2.71. The van der Waals surface area contributed by atoms with Gasteiger partial charge < -0.3 is 5.32 Å². The van der Waals surface area contributed by atoms with Gasteiger partial charge in [-0.15, -0.1) is 22.7 Å². The predicted molar refractivity (Wildman–Crippen MR) is 109 cm³/mol. The summed E-state index contributed by atoms with van der Waals surface area (Å²) in [6.07, 6.45) is 3.90. The minimum absolute atomic E-state index is 0.182. The summed E-state index contributed by atoms with van der Waals surface area (Å²) >= 11 is 3.45. The molecule has 1 aromatic carbocycles. The van der Waals surface area contributed by atoms with Crippen LogP contribution in [0.3, 0.4) is 0 Å². The van der Waals surface area contributed by atoms with Crippen LogP contribution in [0.1, 0.15) is 34.7 Å². The third-order valence-electron chi connectivity index (χ3n) is 5.16. The lowest BCUT2D eigenvalue weighted by atomic mass is 9.64. The zero-order chi connectivity index (χ0) is 18.0. The van der Waals surface area contributed by atoms with Crippen LogP contribution in [0.25, 0.3) is 10.6 Å². The van der Waals surface area contributed by atoms with E-state index >= 15 is 0 Å². The number of aromatic nitrogens is 1. The van der Waals surface area contributed by atoms with Gasteiger partial charge in [0.1, 0.15) is 0 Å². The van der Waals surface area contributed by atoms with E-state index in [9.17, 15) is 4.79 Å². The summed E-state index contributed by atoms with van der Waals surface area (Å²) in [5.41, 5.74) is 1.91. The molecule has 0 saturated heterocycles. The fourth-order valence-corrected chi connectivity index (χ4v) is 5.18. The maximum Gasteiger partial charge on any atom is 0.230 e. The van der Waals surface area contributed by atoms with Crippen LogP contribution in [0.5, 0.6) is 0 Å². The lowest BCUT2D eigenvalue weighted by molar-refractivity contribution is -0.129. The monoisotopic (exact) mass is 382 g/mol. The first-order valence-electron chi connectivity index (χ1n) is 9.02. The molecule has 1 aliphatic rings. The summed E-state index contributed by atoms with van der Waals surface area (Å²) in [4.78, 5) is 19.9. The Morgan fingerprint density at radius 2 is 2.00 bits per heavy atom. The van der Waals surface area contributed by atoms with E-state index < -0.39 is 0 Å². The van der Waals surface area contributed by atoms with Crippen molar-refractivity contribution < 1.29 is 4.79 Å². The van der Waals surface area contributed by atoms with E-state index in [4.69, 9.17) is 0 Å². The number of carbonyl (C=O) groups excluding carboxylic acids is 1. The fraction of sp³-hybridized carbons (Fsp3) is 0.333. The normalized spacial score (nSPS) is 15.4. The van der Waals surface area contributed by atoms with E-state index in [1.807, 2.05) is 25.1 Å². The van der Waals surface area contributed by atoms with E-state index in [0.717, 1.165) is 41.9 Å². The van der Waals surface area contributed by atoms with Gasteiger partial charge in [0, 0.05) is 16.8 Å². The number of nitrogens with zero attached hydrogens (tertiary/aromatic N) is 1. The molecule has 0 radical (unpaired) electrons. The van der Waals surface area contributed by atoms with Crippen LogP contribution in [0.4, 0.5) is 0 Å². The molecule has 4 rings (SSSR count). The number of hydrogen-bond acceptors (Lipinski definition) is 4. The van der Waals surface area contributed by atoms with Gasteiger partial charge in [-0.3, -0.25) is 4.79 Å². The van der Waals surface area contributed by atoms with Gasteiger partial charge in [0.15, 0.2) is 0 Å². The van der Waals surface area contributed by atoms with Gasteiger partial charge in [-0.2, -0.15) is 0 Å². The molecule has 3 aromatic rings. The van der Waals surface area contributed by atoms with Crippen LogP contribution in [0.15, 0.2) is 47.8 Å². The second kappa shape index (κ2) is 7.33. The largest absolute Gasteiger partial charge is 0.355 e. The number of benzene rings is 1. The van der Waals surface area contributed by atoms with Crippen molar-refractivity contribution in [3.05, 3.63) is 63.3 Å². The molecular formula is C21H22N2OS2. The van der Waals surface area contributed by atoms with Crippen LogP contribution in [-0.4, -0.2) is 17.4 Å². The van der Waals surface area contributed by atoms with E-state index in [-0.39, 0.29) is 11.3 Å². The summed E-state index contributed by atoms with van der Waals surface area (Å²) < 4.78 is 0. The topological polar surface area (TPSA) is 42.0 Å². The maximum atomic E-state index is 12.9. The highest BCUT2D eigenvalue weighted by molar-refractivity contribution is 7.16. The van der Waals surface area contributed by atoms with Crippen molar-refractivity contribution in [2.75, 3.05) is 6.54 Å². The molecule has 0 spiro atoms. The first kappa shape index (κ1) is 17.4. The van der Waals surface area contributed by atoms with Crippen LogP contribution >= 0.6 is 22.7 Å². The van der Waals surface area contributed by atoms with Gasteiger partial charge in [0.25, 0.3) is 0 Å². The third-order valence-corrected chi connectivity index (χ3v) is 7.10. The highest BCUT2D eigenvalue weighted by Crippen LogP contribution is 2.43. The van der Waals surface area contributed by atoms with Crippen molar-refractivity contribution in [2.45, 2.75) is 38.0 Å². The Bertz CT molecular complexity index is 894. The Morgan fingerprint density at radius 3 is 2.65 bits per heavy atom. The quantitative estimate of drug-likeness (QED) is 0.655. The van der Waals surface area contributed by atoms with Crippen LogP contribution in [0.2, 0.25) is 0 Å². The molecule has 2 aromatic heterocycles. The van der Waals surface area contributed by atoms with Gasteiger partial charge in [-0.25, -0.2) is 4.98 Å². The molecule has 0 aliphatic heterocycles. The average Bonchev–Trinajstić information content (AvgIpc) is 3.24. The van der Waals surface area contributed by atoms with Gasteiger partial charge in [0.2, 0.25) is 5.91 Å². The van der Waals surface area contributed by atoms with Crippen molar-refractivity contribution in [1.29, 1.82) is 0 Å². The molecule has 134 valence electrons. The molecule has 26 heavy (non-hydrogen) atoms. The molecule has 1 saturated carbocycles. The lowest BCUT2D eigenvalue weighted by Gasteiger charge is -2.40. The van der Waals surface area contributed by atoms with Crippen molar-refractivity contribution >= 4 is 28.6 Å². The minimum atomic E-state index is -0.306. The number of thiazole rings is 1. The number of hydrogen-bond donors (Lipinski definition) is 1. The number of rotatable bonds is 6. The minimum Gasteiger partial charge on any atom is -0.355 e. The second-order valence-electron chi connectivity index (χ2n) is 6.83. The molecule has 1 N–H and O–H groups in total. The van der Waals surface area contributed by atoms with E-state index in [1.54, 1.807) is 22.7 Å². The smallest absolute Gasteiger partial charge is 0.230 e. The van der Waals surface area contributed by atoms with Crippen molar-refractivity contribution in [2.24, 2.45) is 0 Å². The van der Waals surface area contributed by atoms with Gasteiger partial charge in [0.05, 0.1) is 21.0 Å². The molecule has 0 bridgehead atoms. The molecule has 0 atom stereocenters. The number of aryl methyl sites for hydroxylation is 1. The summed E-state index contributed by atoms with van der Waals surface area (Å²) in [5, 5.41) is 6.38. The van der Waals surface area contributed by atoms with Crippen LogP contribution in [0, 0.1) is 6.92 Å². The molecule has 1 aliphatic carbocycles. The van der Waals surface area contributed by atoms with E-state index in [2.05, 4.69) is 39.9 Å². The molecule has 5 heteroatoms. The first-order valence-corrected chi connectivity index (χ1v) is 10.7. The average molecular weight is 383 g/mol. The van der Waals surface area contributed by atoms with Gasteiger partial charge in [-0.05, 0) is 43.9 Å². The number of carbonyl (C=O) groups is 1. The van der Waals surface area contributed by atoms with Crippen LogP contribution in [-0.2, 0) is 16.6 Å². The maximum absolute atomic E-state index is 12.9. The molecule has 3 nitrogen and oxygen atoms in total. The van der Waals surface area contributed by atoms with Crippen molar-refractivity contribution in [3.63, 3.8) is 0 Å².